The Kier molecular flexibility index (Phi) is 2.69. The predicted molar refractivity (Wildman–Crippen MR) is 73.6 cm³/mol. The summed E-state index contributed by atoms with van der Waals surface area (Å²) in [4.78, 5) is 14.0. The zero-order valence-electron chi connectivity index (χ0n) is 10.1. The van der Waals surface area contributed by atoms with Crippen LogP contribution >= 0.6 is 11.3 Å². The number of nitrogens with zero attached hydrogens (tertiary/aromatic N) is 1. The van der Waals surface area contributed by atoms with Crippen molar-refractivity contribution in [1.29, 1.82) is 0 Å². The Morgan fingerprint density at radius 1 is 1.39 bits per heavy atom. The van der Waals surface area contributed by atoms with E-state index < -0.39 is 6.04 Å². The van der Waals surface area contributed by atoms with Crippen molar-refractivity contribution in [2.24, 2.45) is 5.73 Å². The number of anilines is 1. The highest BCUT2D eigenvalue weighted by atomic mass is 32.1. The third-order valence-electron chi connectivity index (χ3n) is 3.26. The van der Waals surface area contributed by atoms with E-state index in [0.29, 0.717) is 6.54 Å². The van der Waals surface area contributed by atoms with Gasteiger partial charge in [0.25, 0.3) is 0 Å². The molecule has 0 saturated heterocycles. The number of benzene rings is 1. The van der Waals surface area contributed by atoms with Crippen molar-refractivity contribution in [1.82, 2.24) is 0 Å². The van der Waals surface area contributed by atoms with Crippen LogP contribution in [-0.2, 0) is 11.3 Å². The number of amides is 1. The van der Waals surface area contributed by atoms with Crippen molar-refractivity contribution >= 4 is 22.9 Å². The van der Waals surface area contributed by atoms with Gasteiger partial charge in [-0.2, -0.15) is 11.3 Å². The van der Waals surface area contributed by atoms with Crippen molar-refractivity contribution in [2.75, 3.05) is 4.90 Å². The molecule has 1 aromatic heterocycles. The van der Waals surface area contributed by atoms with Gasteiger partial charge >= 0.3 is 0 Å². The molecule has 3 nitrogen and oxygen atoms in total. The first-order chi connectivity index (χ1) is 8.66. The van der Waals surface area contributed by atoms with E-state index in [-0.39, 0.29) is 5.91 Å². The van der Waals surface area contributed by atoms with Crippen molar-refractivity contribution in [3.8, 4) is 0 Å². The maximum Gasteiger partial charge on any atom is 0.248 e. The van der Waals surface area contributed by atoms with E-state index in [4.69, 9.17) is 5.73 Å². The second kappa shape index (κ2) is 4.23. The summed E-state index contributed by atoms with van der Waals surface area (Å²) in [5.41, 5.74) is 10.2. The van der Waals surface area contributed by atoms with Crippen molar-refractivity contribution < 1.29 is 4.79 Å². The second-order valence-corrected chi connectivity index (χ2v) is 5.38. The van der Waals surface area contributed by atoms with Gasteiger partial charge in [-0.3, -0.25) is 4.79 Å². The van der Waals surface area contributed by atoms with Crippen LogP contribution in [0.2, 0.25) is 0 Å². The van der Waals surface area contributed by atoms with E-state index in [9.17, 15) is 4.79 Å². The first-order valence-corrected chi connectivity index (χ1v) is 6.79. The van der Waals surface area contributed by atoms with E-state index in [2.05, 4.69) is 5.38 Å². The highest BCUT2D eigenvalue weighted by molar-refractivity contribution is 7.07. The van der Waals surface area contributed by atoms with Crippen LogP contribution in [0.3, 0.4) is 0 Å². The Labute approximate surface area is 110 Å². The molecule has 0 spiro atoms. The number of hydrogen-bond acceptors (Lipinski definition) is 3. The van der Waals surface area contributed by atoms with Gasteiger partial charge < -0.3 is 10.6 Å². The molecule has 2 aromatic rings. The fourth-order valence-corrected chi connectivity index (χ4v) is 2.98. The lowest BCUT2D eigenvalue weighted by molar-refractivity contribution is -0.119. The molecule has 1 aromatic carbocycles. The molecule has 2 heterocycles. The molecule has 0 bridgehead atoms. The first kappa shape index (κ1) is 11.4. The summed E-state index contributed by atoms with van der Waals surface area (Å²) in [6.45, 7) is 2.62. The number of carbonyl (C=O) groups excluding carboxylic acids is 1. The van der Waals surface area contributed by atoms with Gasteiger partial charge in [0.1, 0.15) is 6.04 Å². The van der Waals surface area contributed by atoms with E-state index in [1.54, 1.807) is 16.2 Å². The number of thiophene rings is 1. The molecule has 18 heavy (non-hydrogen) atoms. The van der Waals surface area contributed by atoms with Crippen LogP contribution in [-0.4, -0.2) is 5.91 Å². The predicted octanol–water partition coefficient (Wildman–Crippen LogP) is 2.60. The molecule has 1 aliphatic rings. The fraction of sp³-hybridized carbons (Fsp3) is 0.214. The molecule has 0 fully saturated rings. The van der Waals surface area contributed by atoms with Gasteiger partial charge in [0, 0.05) is 11.3 Å². The minimum Gasteiger partial charge on any atom is -0.316 e. The number of rotatable bonds is 2. The molecule has 3 rings (SSSR count). The molecule has 1 atom stereocenters. The molecular weight excluding hydrogens is 244 g/mol. The standard InChI is InChI=1S/C14H14N2OS/c1-9-2-3-12-11(6-9)13(15)14(17)16(12)7-10-4-5-18-8-10/h2-6,8,13H,7,15H2,1H3. The lowest BCUT2D eigenvalue weighted by Gasteiger charge is -2.16. The summed E-state index contributed by atoms with van der Waals surface area (Å²) >= 11 is 1.64. The lowest BCUT2D eigenvalue weighted by Crippen LogP contribution is -2.31. The zero-order chi connectivity index (χ0) is 12.7. The fourth-order valence-electron chi connectivity index (χ4n) is 2.32. The van der Waals surface area contributed by atoms with E-state index >= 15 is 0 Å². The summed E-state index contributed by atoms with van der Waals surface area (Å²) in [6.07, 6.45) is 0. The Balaban J connectivity index is 1.99. The Bertz CT molecular complexity index is 592. The van der Waals surface area contributed by atoms with Crippen LogP contribution in [0.15, 0.2) is 35.0 Å². The number of aryl methyl sites for hydroxylation is 1. The average Bonchev–Trinajstić information content (AvgIpc) is 2.94. The summed E-state index contributed by atoms with van der Waals surface area (Å²) in [5.74, 6) is -0.0122. The van der Waals surface area contributed by atoms with Crippen LogP contribution in [0.1, 0.15) is 22.7 Å². The number of nitrogens with two attached hydrogens (primary N) is 1. The zero-order valence-corrected chi connectivity index (χ0v) is 10.9. The Morgan fingerprint density at radius 3 is 2.94 bits per heavy atom. The van der Waals surface area contributed by atoms with Gasteiger partial charge in [-0.1, -0.05) is 17.7 Å². The van der Waals surface area contributed by atoms with Gasteiger partial charge in [-0.15, -0.1) is 0 Å². The SMILES string of the molecule is Cc1ccc2c(c1)C(N)C(=O)N2Cc1ccsc1. The van der Waals surface area contributed by atoms with Crippen LogP contribution in [0, 0.1) is 6.92 Å². The minimum atomic E-state index is -0.515. The molecule has 2 N–H and O–H groups in total. The highest BCUT2D eigenvalue weighted by Gasteiger charge is 2.34. The van der Waals surface area contributed by atoms with Gasteiger partial charge in [0.15, 0.2) is 0 Å². The third-order valence-corrected chi connectivity index (χ3v) is 3.99. The van der Waals surface area contributed by atoms with Gasteiger partial charge in [0.05, 0.1) is 6.54 Å². The lowest BCUT2D eigenvalue weighted by atomic mass is 10.1. The summed E-state index contributed by atoms with van der Waals surface area (Å²) < 4.78 is 0. The smallest absolute Gasteiger partial charge is 0.248 e. The number of carbonyl (C=O) groups is 1. The van der Waals surface area contributed by atoms with Crippen LogP contribution in [0.4, 0.5) is 5.69 Å². The third kappa shape index (κ3) is 1.74. The minimum absolute atomic E-state index is 0.0122. The van der Waals surface area contributed by atoms with Crippen LogP contribution in [0.25, 0.3) is 0 Å². The molecular formula is C14H14N2OS. The number of fused-ring (bicyclic) bond motifs is 1. The number of hydrogen-bond donors (Lipinski definition) is 1. The van der Waals surface area contributed by atoms with Crippen molar-refractivity contribution in [3.63, 3.8) is 0 Å². The normalized spacial score (nSPS) is 18.2. The summed E-state index contributed by atoms with van der Waals surface area (Å²) in [6, 6.07) is 7.53. The Hall–Kier alpha value is -1.65. The molecule has 0 radical (unpaired) electrons. The Morgan fingerprint density at radius 2 is 2.22 bits per heavy atom. The molecule has 4 heteroatoms. The molecule has 92 valence electrons. The average molecular weight is 258 g/mol. The maximum absolute atomic E-state index is 12.2. The molecule has 0 aliphatic carbocycles. The van der Waals surface area contributed by atoms with Crippen molar-refractivity contribution in [3.05, 3.63) is 51.7 Å². The van der Waals surface area contributed by atoms with Gasteiger partial charge in [-0.25, -0.2) is 0 Å². The van der Waals surface area contributed by atoms with E-state index in [0.717, 1.165) is 22.4 Å². The molecule has 1 aliphatic heterocycles. The van der Waals surface area contributed by atoms with Crippen LogP contribution < -0.4 is 10.6 Å². The first-order valence-electron chi connectivity index (χ1n) is 5.85. The second-order valence-electron chi connectivity index (χ2n) is 4.60. The summed E-state index contributed by atoms with van der Waals surface area (Å²) in [7, 11) is 0. The largest absolute Gasteiger partial charge is 0.316 e. The van der Waals surface area contributed by atoms with E-state index in [1.165, 1.54) is 0 Å². The molecule has 1 amide bonds. The van der Waals surface area contributed by atoms with Gasteiger partial charge in [0.2, 0.25) is 5.91 Å². The monoisotopic (exact) mass is 258 g/mol. The topological polar surface area (TPSA) is 46.3 Å². The molecule has 0 saturated carbocycles. The van der Waals surface area contributed by atoms with E-state index in [1.807, 2.05) is 36.6 Å². The quantitative estimate of drug-likeness (QED) is 0.900. The summed E-state index contributed by atoms with van der Waals surface area (Å²) in [5, 5.41) is 4.08. The molecule has 1 unspecified atom stereocenters. The maximum atomic E-state index is 12.2. The van der Waals surface area contributed by atoms with Crippen LogP contribution in [0.5, 0.6) is 0 Å². The highest BCUT2D eigenvalue weighted by Crippen LogP contribution is 2.36. The van der Waals surface area contributed by atoms with Gasteiger partial charge in [-0.05, 0) is 35.4 Å². The van der Waals surface area contributed by atoms with Crippen molar-refractivity contribution in [2.45, 2.75) is 19.5 Å².